The standard InChI is InChI=1S/C13H12N4O4S/c1-2-6-16-12(14-15-13(16)22-8-11(18)19)9-4-3-5-10(7-9)17(20)21/h2-5,7H,1,6,8H2,(H,18,19)/p-1. The van der Waals surface area contributed by atoms with Gasteiger partial charge in [-0.2, -0.15) is 0 Å². The van der Waals surface area contributed by atoms with Gasteiger partial charge in [0.1, 0.15) is 0 Å². The molecular weight excluding hydrogens is 308 g/mol. The summed E-state index contributed by atoms with van der Waals surface area (Å²) in [7, 11) is 0. The van der Waals surface area contributed by atoms with E-state index in [4.69, 9.17) is 0 Å². The SMILES string of the molecule is C=CCn1c(SCC(=O)[O-])nnc1-c1cccc([N+](=O)[O-])c1. The van der Waals surface area contributed by atoms with Crippen LogP contribution in [0.4, 0.5) is 5.69 Å². The van der Waals surface area contributed by atoms with Crippen molar-refractivity contribution >= 4 is 23.4 Å². The van der Waals surface area contributed by atoms with Crippen LogP contribution in [0.2, 0.25) is 0 Å². The van der Waals surface area contributed by atoms with Gasteiger partial charge in [-0.3, -0.25) is 14.7 Å². The van der Waals surface area contributed by atoms with Crippen molar-refractivity contribution in [2.45, 2.75) is 11.7 Å². The summed E-state index contributed by atoms with van der Waals surface area (Å²) in [6.07, 6.45) is 1.60. The number of allylic oxidation sites excluding steroid dienone is 1. The smallest absolute Gasteiger partial charge is 0.270 e. The van der Waals surface area contributed by atoms with E-state index in [-0.39, 0.29) is 11.4 Å². The van der Waals surface area contributed by atoms with Crippen LogP contribution in [0.25, 0.3) is 11.4 Å². The minimum absolute atomic E-state index is 0.0606. The van der Waals surface area contributed by atoms with E-state index in [9.17, 15) is 20.0 Å². The van der Waals surface area contributed by atoms with Crippen molar-refractivity contribution in [2.24, 2.45) is 0 Å². The molecule has 1 aromatic heterocycles. The number of aliphatic carboxylic acids is 1. The van der Waals surface area contributed by atoms with Gasteiger partial charge in [-0.1, -0.05) is 30.0 Å². The Hall–Kier alpha value is -2.68. The predicted molar refractivity (Wildman–Crippen MR) is 78.0 cm³/mol. The topological polar surface area (TPSA) is 114 Å². The molecule has 0 aliphatic carbocycles. The minimum atomic E-state index is -1.21. The molecule has 9 heteroatoms. The molecule has 0 fully saturated rings. The van der Waals surface area contributed by atoms with E-state index < -0.39 is 10.9 Å². The molecule has 0 saturated carbocycles. The van der Waals surface area contributed by atoms with Gasteiger partial charge < -0.3 is 9.90 Å². The van der Waals surface area contributed by atoms with Crippen molar-refractivity contribution < 1.29 is 14.8 Å². The maximum Gasteiger partial charge on any atom is 0.270 e. The summed E-state index contributed by atoms with van der Waals surface area (Å²) >= 11 is 0.967. The summed E-state index contributed by atoms with van der Waals surface area (Å²) in [5.41, 5.74) is 0.457. The van der Waals surface area contributed by atoms with Crippen LogP contribution in [0, 0.1) is 10.1 Å². The third-order valence-corrected chi connectivity index (χ3v) is 3.60. The number of carboxylic acids is 1. The van der Waals surface area contributed by atoms with Crippen molar-refractivity contribution in [2.75, 3.05) is 5.75 Å². The van der Waals surface area contributed by atoms with E-state index in [1.165, 1.54) is 12.1 Å². The predicted octanol–water partition coefficient (Wildman–Crippen LogP) is 0.881. The molecule has 0 N–H and O–H groups in total. The molecule has 0 radical (unpaired) electrons. The number of nitro groups is 1. The fraction of sp³-hybridized carbons (Fsp3) is 0.154. The van der Waals surface area contributed by atoms with Crippen molar-refractivity contribution in [3.8, 4) is 11.4 Å². The van der Waals surface area contributed by atoms with Crippen molar-refractivity contribution in [3.63, 3.8) is 0 Å². The Balaban J connectivity index is 2.41. The van der Waals surface area contributed by atoms with Gasteiger partial charge in [0.2, 0.25) is 0 Å². The molecule has 0 saturated heterocycles. The zero-order valence-electron chi connectivity index (χ0n) is 11.3. The Kier molecular flexibility index (Phi) is 4.89. The number of aromatic nitrogens is 3. The molecule has 2 rings (SSSR count). The highest BCUT2D eigenvalue weighted by atomic mass is 32.2. The Morgan fingerprint density at radius 1 is 1.45 bits per heavy atom. The van der Waals surface area contributed by atoms with E-state index in [1.807, 2.05) is 0 Å². The first-order valence-corrected chi connectivity index (χ1v) is 7.13. The highest BCUT2D eigenvalue weighted by Gasteiger charge is 2.15. The first kappa shape index (κ1) is 15.7. The molecule has 8 nitrogen and oxygen atoms in total. The van der Waals surface area contributed by atoms with E-state index in [2.05, 4.69) is 16.8 Å². The molecule has 0 spiro atoms. The molecule has 1 aromatic carbocycles. The number of nitrogens with zero attached hydrogens (tertiary/aromatic N) is 4. The second-order valence-electron chi connectivity index (χ2n) is 4.17. The van der Waals surface area contributed by atoms with Crippen LogP contribution in [0.15, 0.2) is 42.1 Å². The zero-order valence-corrected chi connectivity index (χ0v) is 12.2. The molecule has 0 aliphatic rings. The fourth-order valence-electron chi connectivity index (χ4n) is 1.78. The lowest BCUT2D eigenvalue weighted by molar-refractivity contribution is -0.384. The summed E-state index contributed by atoms with van der Waals surface area (Å²) in [5, 5.41) is 29.7. The molecule has 0 amide bonds. The van der Waals surface area contributed by atoms with Crippen LogP contribution in [-0.4, -0.2) is 31.4 Å². The fourth-order valence-corrected chi connectivity index (χ4v) is 2.45. The number of non-ortho nitro benzene ring substituents is 1. The number of carboxylic acid groups (broad SMARTS) is 1. The Morgan fingerprint density at radius 3 is 2.86 bits per heavy atom. The average molecular weight is 319 g/mol. The van der Waals surface area contributed by atoms with Gasteiger partial charge in [0.25, 0.3) is 5.69 Å². The minimum Gasteiger partial charge on any atom is -0.549 e. The van der Waals surface area contributed by atoms with Crippen LogP contribution < -0.4 is 5.11 Å². The second-order valence-corrected chi connectivity index (χ2v) is 5.12. The summed E-state index contributed by atoms with van der Waals surface area (Å²) in [4.78, 5) is 20.9. The van der Waals surface area contributed by atoms with E-state index in [0.717, 1.165) is 11.8 Å². The Morgan fingerprint density at radius 2 is 2.23 bits per heavy atom. The third-order valence-electron chi connectivity index (χ3n) is 2.66. The van der Waals surface area contributed by atoms with E-state index in [0.29, 0.717) is 23.1 Å². The number of thioether (sulfide) groups is 1. The summed E-state index contributed by atoms with van der Waals surface area (Å²) in [6.45, 7) is 3.98. The van der Waals surface area contributed by atoms with Crippen molar-refractivity contribution in [1.29, 1.82) is 0 Å². The van der Waals surface area contributed by atoms with Crippen molar-refractivity contribution in [1.82, 2.24) is 14.8 Å². The van der Waals surface area contributed by atoms with Gasteiger partial charge in [0.15, 0.2) is 11.0 Å². The lowest BCUT2D eigenvalue weighted by atomic mass is 10.2. The number of benzene rings is 1. The number of hydrogen-bond donors (Lipinski definition) is 0. The maximum absolute atomic E-state index is 10.8. The second kappa shape index (κ2) is 6.85. The number of rotatable bonds is 7. The first-order valence-electron chi connectivity index (χ1n) is 6.14. The molecule has 0 atom stereocenters. The number of carbonyl (C=O) groups excluding carboxylic acids is 1. The van der Waals surface area contributed by atoms with E-state index in [1.54, 1.807) is 22.8 Å². The van der Waals surface area contributed by atoms with Crippen LogP contribution in [0.1, 0.15) is 0 Å². The molecule has 0 bridgehead atoms. The number of nitro benzene ring substituents is 1. The molecule has 1 heterocycles. The van der Waals surface area contributed by atoms with Gasteiger partial charge >= 0.3 is 0 Å². The van der Waals surface area contributed by atoms with Crippen LogP contribution >= 0.6 is 11.8 Å². The lowest BCUT2D eigenvalue weighted by Crippen LogP contribution is -2.24. The van der Waals surface area contributed by atoms with E-state index >= 15 is 0 Å². The average Bonchev–Trinajstić information content (AvgIpc) is 2.88. The quantitative estimate of drug-likeness (QED) is 0.322. The van der Waals surface area contributed by atoms with Gasteiger partial charge in [-0.25, -0.2) is 0 Å². The van der Waals surface area contributed by atoms with Gasteiger partial charge in [0, 0.05) is 30.0 Å². The molecule has 0 aliphatic heterocycles. The monoisotopic (exact) mass is 319 g/mol. The van der Waals surface area contributed by atoms with Crippen molar-refractivity contribution in [3.05, 3.63) is 47.0 Å². The Labute approximate surface area is 129 Å². The van der Waals surface area contributed by atoms with Gasteiger partial charge in [-0.05, 0) is 0 Å². The Bertz CT molecular complexity index is 729. The third kappa shape index (κ3) is 3.50. The maximum atomic E-state index is 10.8. The van der Waals surface area contributed by atoms with Crippen LogP contribution in [0.3, 0.4) is 0 Å². The van der Waals surface area contributed by atoms with Gasteiger partial charge in [0.05, 0.1) is 10.9 Å². The highest BCUT2D eigenvalue weighted by molar-refractivity contribution is 7.99. The van der Waals surface area contributed by atoms with Crippen LogP contribution in [-0.2, 0) is 11.3 Å². The normalized spacial score (nSPS) is 10.4. The summed E-state index contributed by atoms with van der Waals surface area (Å²) in [5.74, 6) is -1.07. The first-order chi connectivity index (χ1) is 10.5. The number of carbonyl (C=O) groups is 1. The molecular formula is C13H11N4O4S-. The van der Waals surface area contributed by atoms with Crippen LogP contribution in [0.5, 0.6) is 0 Å². The molecule has 0 unspecified atom stereocenters. The molecule has 2 aromatic rings. The number of hydrogen-bond acceptors (Lipinski definition) is 7. The highest BCUT2D eigenvalue weighted by Crippen LogP contribution is 2.26. The molecule has 22 heavy (non-hydrogen) atoms. The summed E-state index contributed by atoms with van der Waals surface area (Å²) < 4.78 is 1.64. The summed E-state index contributed by atoms with van der Waals surface area (Å²) in [6, 6.07) is 5.98. The largest absolute Gasteiger partial charge is 0.549 e. The van der Waals surface area contributed by atoms with Gasteiger partial charge in [-0.15, -0.1) is 16.8 Å². The molecule has 114 valence electrons. The lowest BCUT2D eigenvalue weighted by Gasteiger charge is -2.07. The zero-order chi connectivity index (χ0) is 16.1.